The molecule has 25 heavy (non-hydrogen) atoms. The van der Waals surface area contributed by atoms with Gasteiger partial charge < -0.3 is 15.5 Å². The van der Waals surface area contributed by atoms with E-state index in [1.807, 2.05) is 13.2 Å². The highest BCUT2D eigenvalue weighted by atomic mass is 79.9. The first-order chi connectivity index (χ1) is 12.1. The second-order valence-corrected chi connectivity index (χ2v) is 8.40. The number of nitrogens with one attached hydrogen (secondary N) is 2. The van der Waals surface area contributed by atoms with Crippen LogP contribution in [-0.4, -0.2) is 43.7 Å². The van der Waals surface area contributed by atoms with Gasteiger partial charge in [-0.2, -0.15) is 0 Å². The van der Waals surface area contributed by atoms with Crippen LogP contribution in [0.3, 0.4) is 0 Å². The molecular weight excluding hydrogens is 398 g/mol. The number of rotatable bonds is 5. The third-order valence-corrected chi connectivity index (χ3v) is 5.75. The van der Waals surface area contributed by atoms with Crippen LogP contribution < -0.4 is 15.5 Å². The number of hydrogen-bond donors (Lipinski definition) is 2. The molecule has 0 aliphatic carbocycles. The van der Waals surface area contributed by atoms with E-state index in [4.69, 9.17) is 0 Å². The predicted octanol–water partition coefficient (Wildman–Crippen LogP) is 3.20. The number of aliphatic imine (C=N–C) groups is 1. The van der Waals surface area contributed by atoms with Crippen molar-refractivity contribution < 1.29 is 0 Å². The van der Waals surface area contributed by atoms with E-state index in [1.54, 1.807) is 11.3 Å². The molecule has 7 heteroatoms. The minimum absolute atomic E-state index is 0.414. The van der Waals surface area contributed by atoms with Gasteiger partial charge in [-0.15, -0.1) is 11.3 Å². The number of aryl methyl sites for hydroxylation is 1. The second kappa shape index (κ2) is 8.67. The van der Waals surface area contributed by atoms with Crippen LogP contribution in [0.5, 0.6) is 0 Å². The van der Waals surface area contributed by atoms with Crippen LogP contribution in [0.25, 0.3) is 0 Å². The summed E-state index contributed by atoms with van der Waals surface area (Å²) in [6.45, 7) is 4.99. The van der Waals surface area contributed by atoms with Crippen molar-refractivity contribution in [3.05, 3.63) is 44.8 Å². The fourth-order valence-electron chi connectivity index (χ4n) is 2.96. The Labute approximate surface area is 161 Å². The third-order valence-electron chi connectivity index (χ3n) is 4.24. The van der Waals surface area contributed by atoms with Crippen molar-refractivity contribution in [1.82, 2.24) is 15.6 Å². The Hall–Kier alpha value is -1.60. The monoisotopic (exact) mass is 421 g/mol. The fraction of sp³-hybridized carbons (Fsp3) is 0.444. The molecule has 0 bridgehead atoms. The van der Waals surface area contributed by atoms with E-state index < -0.39 is 0 Å². The highest BCUT2D eigenvalue weighted by molar-refractivity contribution is 9.10. The zero-order valence-electron chi connectivity index (χ0n) is 14.6. The Bertz CT molecular complexity index is 713. The van der Waals surface area contributed by atoms with Gasteiger partial charge in [0, 0.05) is 60.4 Å². The smallest absolute Gasteiger partial charge is 0.191 e. The molecule has 1 atom stereocenters. The summed E-state index contributed by atoms with van der Waals surface area (Å²) in [4.78, 5) is 12.4. The number of benzene rings is 1. The average Bonchev–Trinajstić information content (AvgIpc) is 3.24. The maximum Gasteiger partial charge on any atom is 0.191 e. The van der Waals surface area contributed by atoms with Crippen molar-refractivity contribution in [2.45, 2.75) is 25.8 Å². The summed E-state index contributed by atoms with van der Waals surface area (Å²) in [6, 6.07) is 8.93. The Morgan fingerprint density at radius 2 is 2.20 bits per heavy atom. The molecule has 1 aliphatic heterocycles. The first-order valence-electron chi connectivity index (χ1n) is 8.53. The summed E-state index contributed by atoms with van der Waals surface area (Å²) in [5.74, 6) is 0.871. The molecule has 2 heterocycles. The number of aromatic nitrogens is 1. The first kappa shape index (κ1) is 18.2. The predicted molar refractivity (Wildman–Crippen MR) is 110 cm³/mol. The van der Waals surface area contributed by atoms with Gasteiger partial charge in [-0.3, -0.25) is 4.99 Å². The van der Waals surface area contributed by atoms with Gasteiger partial charge in [0.1, 0.15) is 0 Å². The molecule has 1 fully saturated rings. The number of anilines is 1. The van der Waals surface area contributed by atoms with Crippen LogP contribution in [0.1, 0.15) is 16.3 Å². The normalized spacial score (nSPS) is 17.8. The summed E-state index contributed by atoms with van der Waals surface area (Å²) < 4.78 is 1.12. The molecule has 0 radical (unpaired) electrons. The molecule has 1 unspecified atom stereocenters. The Kier molecular flexibility index (Phi) is 6.31. The molecule has 2 N–H and O–H groups in total. The molecule has 0 amide bonds. The van der Waals surface area contributed by atoms with Crippen LogP contribution in [-0.2, 0) is 6.42 Å². The Balaban J connectivity index is 1.45. The molecular formula is C18H24BrN5S. The minimum Gasteiger partial charge on any atom is -0.369 e. The molecule has 1 aliphatic rings. The Morgan fingerprint density at radius 1 is 1.40 bits per heavy atom. The van der Waals surface area contributed by atoms with Crippen LogP contribution in [0.4, 0.5) is 5.69 Å². The van der Waals surface area contributed by atoms with Crippen molar-refractivity contribution in [2.75, 3.05) is 31.6 Å². The zero-order chi connectivity index (χ0) is 17.6. The summed E-state index contributed by atoms with van der Waals surface area (Å²) in [7, 11) is 1.82. The maximum absolute atomic E-state index is 4.40. The van der Waals surface area contributed by atoms with Gasteiger partial charge >= 0.3 is 0 Å². The molecule has 3 rings (SSSR count). The lowest BCUT2D eigenvalue weighted by molar-refractivity contribution is 0.648. The van der Waals surface area contributed by atoms with Gasteiger partial charge in [-0.05, 0) is 37.6 Å². The van der Waals surface area contributed by atoms with E-state index in [9.17, 15) is 0 Å². The van der Waals surface area contributed by atoms with Crippen molar-refractivity contribution in [2.24, 2.45) is 4.99 Å². The van der Waals surface area contributed by atoms with Crippen LogP contribution >= 0.6 is 27.3 Å². The lowest BCUT2D eigenvalue weighted by Crippen LogP contribution is -2.45. The molecule has 0 saturated carbocycles. The number of nitrogens with zero attached hydrogens (tertiary/aromatic N) is 3. The summed E-state index contributed by atoms with van der Waals surface area (Å²) in [5, 5.41) is 8.11. The van der Waals surface area contributed by atoms with Crippen LogP contribution in [0.15, 0.2) is 39.9 Å². The number of hydrogen-bond acceptors (Lipinski definition) is 4. The summed E-state index contributed by atoms with van der Waals surface area (Å²) in [5.41, 5.74) is 1.27. The van der Waals surface area contributed by atoms with Crippen molar-refractivity contribution in [3.8, 4) is 0 Å². The first-order valence-corrected chi connectivity index (χ1v) is 10.1. The molecule has 1 aromatic heterocycles. The third kappa shape index (κ3) is 5.19. The van der Waals surface area contributed by atoms with Gasteiger partial charge in [0.2, 0.25) is 0 Å². The van der Waals surface area contributed by atoms with Crippen molar-refractivity contribution in [1.29, 1.82) is 0 Å². The Morgan fingerprint density at radius 3 is 2.88 bits per heavy atom. The molecule has 134 valence electrons. The van der Waals surface area contributed by atoms with Gasteiger partial charge in [-0.25, -0.2) is 4.98 Å². The lowest BCUT2D eigenvalue weighted by Gasteiger charge is -2.20. The second-order valence-electron chi connectivity index (χ2n) is 6.17. The van der Waals surface area contributed by atoms with Gasteiger partial charge in [0.15, 0.2) is 5.96 Å². The standard InChI is InChI=1S/C18H24BrN5S/c1-13-11-22-17(25-13)7-9-21-18(20-2)23-15-8-10-24(12-15)16-5-3-14(19)4-6-16/h3-6,11,15H,7-10,12H2,1-2H3,(H2,20,21,23). The fourth-order valence-corrected chi connectivity index (χ4v) is 4.01. The molecule has 5 nitrogen and oxygen atoms in total. The quantitative estimate of drug-likeness (QED) is 0.574. The molecule has 2 aromatic rings. The van der Waals surface area contributed by atoms with Crippen LogP contribution in [0, 0.1) is 6.92 Å². The lowest BCUT2D eigenvalue weighted by atomic mass is 10.3. The van der Waals surface area contributed by atoms with E-state index in [1.165, 1.54) is 15.6 Å². The van der Waals surface area contributed by atoms with E-state index in [0.717, 1.165) is 42.9 Å². The number of halogens is 1. The van der Waals surface area contributed by atoms with Crippen LogP contribution in [0.2, 0.25) is 0 Å². The molecule has 1 aromatic carbocycles. The SMILES string of the molecule is CN=C(NCCc1ncc(C)s1)NC1CCN(c2ccc(Br)cc2)C1. The largest absolute Gasteiger partial charge is 0.369 e. The van der Waals surface area contributed by atoms with Crippen molar-refractivity contribution in [3.63, 3.8) is 0 Å². The van der Waals surface area contributed by atoms with E-state index in [2.05, 4.69) is 72.6 Å². The number of thiazole rings is 1. The van der Waals surface area contributed by atoms with Gasteiger partial charge in [-0.1, -0.05) is 15.9 Å². The minimum atomic E-state index is 0.414. The molecule has 1 saturated heterocycles. The topological polar surface area (TPSA) is 52.6 Å². The van der Waals surface area contributed by atoms with Crippen molar-refractivity contribution >= 4 is 38.9 Å². The van der Waals surface area contributed by atoms with Gasteiger partial charge in [0.05, 0.1) is 5.01 Å². The summed E-state index contributed by atoms with van der Waals surface area (Å²) >= 11 is 5.25. The molecule has 0 spiro atoms. The average molecular weight is 422 g/mol. The van der Waals surface area contributed by atoms with E-state index in [-0.39, 0.29) is 0 Å². The van der Waals surface area contributed by atoms with Gasteiger partial charge in [0.25, 0.3) is 0 Å². The maximum atomic E-state index is 4.40. The summed E-state index contributed by atoms with van der Waals surface area (Å²) in [6.07, 6.45) is 3.97. The highest BCUT2D eigenvalue weighted by Crippen LogP contribution is 2.22. The zero-order valence-corrected chi connectivity index (χ0v) is 17.0. The van der Waals surface area contributed by atoms with E-state index in [0.29, 0.717) is 6.04 Å². The number of guanidine groups is 1. The van der Waals surface area contributed by atoms with E-state index >= 15 is 0 Å². The highest BCUT2D eigenvalue weighted by Gasteiger charge is 2.23.